The molecule has 0 aromatic heterocycles. The van der Waals surface area contributed by atoms with Gasteiger partial charge in [-0.25, -0.2) is 8.78 Å². The van der Waals surface area contributed by atoms with E-state index in [1.165, 1.54) is 13.1 Å². The number of allylic oxidation sites excluding steroid dienone is 4. The summed E-state index contributed by atoms with van der Waals surface area (Å²) < 4.78 is 28.0. The molecule has 0 unspecified atom stereocenters. The average Bonchev–Trinajstić information content (AvgIpc) is 2.94. The maximum absolute atomic E-state index is 14.2. The van der Waals surface area contributed by atoms with Crippen molar-refractivity contribution in [2.75, 3.05) is 5.32 Å². The lowest BCUT2D eigenvalue weighted by Crippen LogP contribution is -2.34. The fourth-order valence-electron chi connectivity index (χ4n) is 3.31. The number of nitrogens with zero attached hydrogens (tertiary/aromatic N) is 1. The van der Waals surface area contributed by atoms with Gasteiger partial charge in [-0.1, -0.05) is 58.6 Å². The van der Waals surface area contributed by atoms with E-state index in [1.54, 1.807) is 32.0 Å². The Morgan fingerprint density at radius 3 is 2.03 bits per heavy atom. The molecule has 0 aliphatic rings. The summed E-state index contributed by atoms with van der Waals surface area (Å²) in [5.74, 6) is -1.80. The molecule has 1 amide bonds. The van der Waals surface area contributed by atoms with Crippen LogP contribution in [0, 0.1) is 25.5 Å². The van der Waals surface area contributed by atoms with Crippen molar-refractivity contribution >= 4 is 22.9 Å². The lowest BCUT2D eigenvalue weighted by molar-refractivity contribution is 0.0934. The van der Waals surface area contributed by atoms with Gasteiger partial charge in [-0.05, 0) is 89.3 Å². The Bertz CT molecular complexity index is 1170. The minimum Gasteiger partial charge on any atom is -0.355 e. The zero-order valence-electron chi connectivity index (χ0n) is 25.4. The molecule has 2 rings (SSSR count). The van der Waals surface area contributed by atoms with Gasteiger partial charge in [0.1, 0.15) is 0 Å². The summed E-state index contributed by atoms with van der Waals surface area (Å²) in [6.07, 6.45) is 7.27. The van der Waals surface area contributed by atoms with Crippen molar-refractivity contribution < 1.29 is 13.6 Å². The number of benzene rings is 2. The molecule has 4 nitrogen and oxygen atoms in total. The SMILES string of the molecule is C/C=C\C.C=C(Nc1ccc(C(=O)NC(CC)CC)c(C)c1)C(C)=N/C=C(\C)c1ccc(C)c(F)c1F.CC. The third kappa shape index (κ3) is 11.4. The van der Waals surface area contributed by atoms with E-state index in [2.05, 4.69) is 36.1 Å². The number of aryl methyl sites for hydroxylation is 2. The summed E-state index contributed by atoms with van der Waals surface area (Å²) in [6, 6.07) is 8.73. The predicted molar refractivity (Wildman–Crippen MR) is 165 cm³/mol. The molecule has 0 atom stereocenters. The van der Waals surface area contributed by atoms with Crippen LogP contribution in [0.1, 0.15) is 95.3 Å². The van der Waals surface area contributed by atoms with E-state index < -0.39 is 11.6 Å². The zero-order valence-corrected chi connectivity index (χ0v) is 25.4. The highest BCUT2D eigenvalue weighted by Crippen LogP contribution is 2.23. The van der Waals surface area contributed by atoms with Crippen LogP contribution in [-0.2, 0) is 0 Å². The number of anilines is 1. The normalized spacial score (nSPS) is 11.4. The molecule has 2 N–H and O–H groups in total. The average molecular weight is 540 g/mol. The topological polar surface area (TPSA) is 53.5 Å². The van der Waals surface area contributed by atoms with Crippen LogP contribution >= 0.6 is 0 Å². The van der Waals surface area contributed by atoms with Gasteiger partial charge in [0.15, 0.2) is 11.6 Å². The summed E-state index contributed by atoms with van der Waals surface area (Å²) >= 11 is 0. The smallest absolute Gasteiger partial charge is 0.251 e. The first-order valence-corrected chi connectivity index (χ1v) is 13.6. The van der Waals surface area contributed by atoms with Gasteiger partial charge < -0.3 is 10.6 Å². The van der Waals surface area contributed by atoms with Crippen molar-refractivity contribution in [2.45, 2.75) is 88.1 Å². The highest BCUT2D eigenvalue weighted by atomic mass is 19.2. The monoisotopic (exact) mass is 539 g/mol. The Morgan fingerprint density at radius 2 is 1.51 bits per heavy atom. The fourth-order valence-corrected chi connectivity index (χ4v) is 3.31. The van der Waals surface area contributed by atoms with Gasteiger partial charge in [-0.2, -0.15) is 0 Å². The Kier molecular flexibility index (Phi) is 17.0. The van der Waals surface area contributed by atoms with E-state index in [-0.39, 0.29) is 23.1 Å². The molecule has 214 valence electrons. The number of rotatable bonds is 9. The molecule has 0 saturated carbocycles. The van der Waals surface area contributed by atoms with Gasteiger partial charge >= 0.3 is 0 Å². The number of halogens is 2. The second kappa shape index (κ2) is 18.7. The first kappa shape index (κ1) is 35.5. The molecule has 0 fully saturated rings. The fraction of sp³-hybridized carbons (Fsp3) is 0.394. The quantitative estimate of drug-likeness (QED) is 0.246. The van der Waals surface area contributed by atoms with Crippen LogP contribution in [0.4, 0.5) is 14.5 Å². The number of hydrogen-bond donors (Lipinski definition) is 2. The van der Waals surface area contributed by atoms with Gasteiger partial charge in [-0.15, -0.1) is 0 Å². The second-order valence-corrected chi connectivity index (χ2v) is 8.87. The summed E-state index contributed by atoms with van der Waals surface area (Å²) in [7, 11) is 0. The van der Waals surface area contributed by atoms with Crippen molar-refractivity contribution in [1.29, 1.82) is 0 Å². The maximum Gasteiger partial charge on any atom is 0.251 e. The highest BCUT2D eigenvalue weighted by molar-refractivity contribution is 6.01. The van der Waals surface area contributed by atoms with Crippen LogP contribution < -0.4 is 10.6 Å². The number of carbonyl (C=O) groups excluding carboxylic acids is 1. The minimum absolute atomic E-state index is 0.0790. The van der Waals surface area contributed by atoms with E-state index >= 15 is 0 Å². The molecule has 0 aliphatic heterocycles. The van der Waals surface area contributed by atoms with Crippen LogP contribution in [0.2, 0.25) is 0 Å². The number of carbonyl (C=O) groups is 1. The predicted octanol–water partition coefficient (Wildman–Crippen LogP) is 9.56. The Balaban J connectivity index is 0.00000220. The van der Waals surface area contributed by atoms with Crippen molar-refractivity contribution in [3.63, 3.8) is 0 Å². The van der Waals surface area contributed by atoms with Crippen LogP contribution in [0.5, 0.6) is 0 Å². The third-order valence-corrected chi connectivity index (χ3v) is 6.01. The van der Waals surface area contributed by atoms with Crippen molar-refractivity contribution in [3.8, 4) is 0 Å². The minimum atomic E-state index is -0.877. The van der Waals surface area contributed by atoms with Crippen LogP contribution in [-0.4, -0.2) is 17.7 Å². The third-order valence-electron chi connectivity index (χ3n) is 6.01. The molecule has 0 radical (unpaired) electrons. The lowest BCUT2D eigenvalue weighted by atomic mass is 10.1. The maximum atomic E-state index is 14.2. The summed E-state index contributed by atoms with van der Waals surface area (Å²) in [4.78, 5) is 16.9. The molecular formula is C33H47F2N3O. The highest BCUT2D eigenvalue weighted by Gasteiger charge is 2.14. The Morgan fingerprint density at radius 1 is 0.949 bits per heavy atom. The van der Waals surface area contributed by atoms with Gasteiger partial charge in [0.05, 0.1) is 11.4 Å². The Labute approximate surface area is 235 Å². The lowest BCUT2D eigenvalue weighted by Gasteiger charge is -2.16. The molecule has 2 aromatic carbocycles. The van der Waals surface area contributed by atoms with Crippen molar-refractivity contribution in [2.24, 2.45) is 4.99 Å². The summed E-state index contributed by atoms with van der Waals surface area (Å²) in [5.41, 5.74) is 4.34. The summed E-state index contributed by atoms with van der Waals surface area (Å²) in [5, 5.41) is 6.23. The second-order valence-electron chi connectivity index (χ2n) is 8.87. The van der Waals surface area contributed by atoms with Gasteiger partial charge in [0.2, 0.25) is 0 Å². The summed E-state index contributed by atoms with van der Waals surface area (Å²) in [6.45, 7) is 23.0. The molecule has 0 heterocycles. The van der Waals surface area contributed by atoms with E-state index in [9.17, 15) is 13.6 Å². The van der Waals surface area contributed by atoms with E-state index in [0.29, 0.717) is 22.5 Å². The van der Waals surface area contributed by atoms with Gasteiger partial charge in [0, 0.05) is 29.1 Å². The number of hydrogen-bond acceptors (Lipinski definition) is 3. The standard InChI is InChI=1S/C27H33F2N3O.C4H8.C2H6/c1-8-21(9-2)32-27(33)24-13-11-22(14-17(24)4)31-20(7)19(6)30-15-18(5)23-12-10-16(3)25(28)26(23)29;1-3-4-2;1-2/h10-15,21,31H,7-9H2,1-6H3,(H,32,33);3-4H,1-2H3;1-2H3/b18-15+,30-19?;4-3-;. The molecule has 39 heavy (non-hydrogen) atoms. The van der Waals surface area contributed by atoms with Gasteiger partial charge in [-0.3, -0.25) is 9.79 Å². The van der Waals surface area contributed by atoms with Gasteiger partial charge in [0.25, 0.3) is 5.91 Å². The molecule has 0 aliphatic carbocycles. The zero-order chi connectivity index (χ0) is 30.1. The molecular weight excluding hydrogens is 492 g/mol. The van der Waals surface area contributed by atoms with E-state index in [0.717, 1.165) is 24.1 Å². The first-order valence-electron chi connectivity index (χ1n) is 13.6. The molecule has 0 spiro atoms. The number of aliphatic imine (C=N–C) groups is 1. The molecule has 0 saturated heterocycles. The first-order chi connectivity index (χ1) is 18.5. The van der Waals surface area contributed by atoms with Crippen LogP contribution in [0.3, 0.4) is 0 Å². The molecule has 0 bridgehead atoms. The largest absolute Gasteiger partial charge is 0.355 e. The molecule has 2 aromatic rings. The molecule has 6 heteroatoms. The Hall–Kier alpha value is -3.54. The number of amides is 1. The van der Waals surface area contributed by atoms with E-state index in [4.69, 9.17) is 0 Å². The van der Waals surface area contributed by atoms with Crippen LogP contribution in [0.25, 0.3) is 5.57 Å². The van der Waals surface area contributed by atoms with Crippen LogP contribution in [0.15, 0.2) is 66.0 Å². The van der Waals surface area contributed by atoms with Crippen molar-refractivity contribution in [3.05, 3.63) is 94.8 Å². The van der Waals surface area contributed by atoms with Crippen molar-refractivity contribution in [1.82, 2.24) is 5.32 Å². The number of nitrogens with one attached hydrogen (secondary N) is 2. The van der Waals surface area contributed by atoms with E-state index in [1.807, 2.05) is 58.9 Å².